The average molecular weight is 520 g/mol. The molecule has 1 aliphatic heterocycles. The Morgan fingerprint density at radius 1 is 1.00 bits per heavy atom. The average Bonchev–Trinajstić information content (AvgIpc) is 3.40. The van der Waals surface area contributed by atoms with Gasteiger partial charge in [-0.15, -0.1) is 0 Å². The molecule has 9 nitrogen and oxygen atoms in total. The van der Waals surface area contributed by atoms with Gasteiger partial charge in [-0.05, 0) is 66.6 Å². The minimum Gasteiger partial charge on any atom is -0.484 e. The van der Waals surface area contributed by atoms with Crippen LogP contribution in [-0.4, -0.2) is 57.7 Å². The molecule has 2 aromatic heterocycles. The molecule has 0 spiro atoms. The van der Waals surface area contributed by atoms with Crippen molar-refractivity contribution in [1.29, 1.82) is 0 Å². The first kappa shape index (κ1) is 25.3. The number of aromatic amines is 1. The predicted octanol–water partition coefficient (Wildman–Crippen LogP) is 2.97. The number of carbonyl (C=O) groups excluding carboxylic acids is 1. The van der Waals surface area contributed by atoms with Gasteiger partial charge in [0.15, 0.2) is 6.61 Å². The number of fused-ring (bicyclic) bond motifs is 1. The van der Waals surface area contributed by atoms with Gasteiger partial charge >= 0.3 is 5.69 Å². The summed E-state index contributed by atoms with van der Waals surface area (Å²) in [7, 11) is 1.66. The Morgan fingerprint density at radius 3 is 2.34 bits per heavy atom. The maximum atomic E-state index is 13.2. The molecular formula is C28H30FN5O4. The highest BCUT2D eigenvalue weighted by atomic mass is 19.1. The summed E-state index contributed by atoms with van der Waals surface area (Å²) in [6, 6.07) is 15.4. The lowest BCUT2D eigenvalue weighted by Crippen LogP contribution is -2.50. The van der Waals surface area contributed by atoms with E-state index in [9.17, 15) is 18.8 Å². The lowest BCUT2D eigenvalue weighted by Gasteiger charge is -2.36. The number of carbonyl (C=O) groups is 1. The number of hydrogen-bond donors (Lipinski definition) is 1. The van der Waals surface area contributed by atoms with Gasteiger partial charge < -0.3 is 19.5 Å². The number of nitrogens with zero attached hydrogens (tertiary/aromatic N) is 4. The number of amides is 1. The number of aromatic nitrogens is 3. The third-order valence-electron chi connectivity index (χ3n) is 6.93. The standard InChI is InChI=1S/C28H30FN5O4/c1-3-12-34-27(36)26-24(31(2)28(34)37)17-23(30-26)19-4-10-22(11-5-19)38-18-25(35)33-15-13-32(14-16-33)21-8-6-20(29)7-9-21/h4-11,17,30H,3,12-16,18H2,1-2H3. The Kier molecular flexibility index (Phi) is 7.04. The fraction of sp³-hybridized carbons (Fsp3) is 0.321. The number of halogens is 1. The number of hydrogen-bond acceptors (Lipinski definition) is 5. The summed E-state index contributed by atoms with van der Waals surface area (Å²) in [5.41, 5.74) is 2.76. The second-order valence-electron chi connectivity index (χ2n) is 9.40. The van der Waals surface area contributed by atoms with Crippen molar-refractivity contribution in [2.24, 2.45) is 7.05 Å². The molecule has 1 N–H and O–H groups in total. The van der Waals surface area contributed by atoms with Crippen molar-refractivity contribution in [1.82, 2.24) is 19.0 Å². The van der Waals surface area contributed by atoms with E-state index in [1.54, 1.807) is 42.3 Å². The fourth-order valence-electron chi connectivity index (χ4n) is 4.79. The van der Waals surface area contributed by atoms with Gasteiger partial charge in [-0.1, -0.05) is 6.92 Å². The van der Waals surface area contributed by atoms with E-state index in [1.165, 1.54) is 21.3 Å². The molecule has 0 radical (unpaired) electrons. The molecule has 38 heavy (non-hydrogen) atoms. The van der Waals surface area contributed by atoms with E-state index in [0.29, 0.717) is 61.6 Å². The third kappa shape index (κ3) is 4.93. The zero-order valence-corrected chi connectivity index (χ0v) is 21.4. The molecule has 1 aliphatic rings. The number of rotatable bonds is 7. The molecule has 0 unspecified atom stereocenters. The molecule has 0 aliphatic carbocycles. The molecule has 5 rings (SSSR count). The summed E-state index contributed by atoms with van der Waals surface area (Å²) in [4.78, 5) is 45.1. The Balaban J connectivity index is 1.21. The maximum Gasteiger partial charge on any atom is 0.331 e. The number of benzene rings is 2. The van der Waals surface area contributed by atoms with Crippen LogP contribution in [-0.2, 0) is 18.4 Å². The molecule has 3 heterocycles. The van der Waals surface area contributed by atoms with Gasteiger partial charge in [0.2, 0.25) is 0 Å². The maximum absolute atomic E-state index is 13.2. The molecule has 1 saturated heterocycles. The Hall–Kier alpha value is -4.34. The van der Waals surface area contributed by atoms with E-state index in [1.807, 2.05) is 19.1 Å². The van der Waals surface area contributed by atoms with E-state index >= 15 is 0 Å². The van der Waals surface area contributed by atoms with Gasteiger partial charge in [-0.2, -0.15) is 0 Å². The topological polar surface area (TPSA) is 92.6 Å². The van der Waals surface area contributed by atoms with Gasteiger partial charge in [-0.3, -0.25) is 18.7 Å². The van der Waals surface area contributed by atoms with E-state index < -0.39 is 0 Å². The number of piperazine rings is 1. The minimum atomic E-state index is -0.333. The molecule has 4 aromatic rings. The monoisotopic (exact) mass is 519 g/mol. The molecule has 0 atom stereocenters. The summed E-state index contributed by atoms with van der Waals surface area (Å²) in [5.74, 6) is 0.200. The van der Waals surface area contributed by atoms with Gasteiger partial charge in [0.1, 0.15) is 17.1 Å². The summed E-state index contributed by atoms with van der Waals surface area (Å²) in [6.07, 6.45) is 0.685. The summed E-state index contributed by atoms with van der Waals surface area (Å²) < 4.78 is 21.6. The number of ether oxygens (including phenoxy) is 1. The quantitative estimate of drug-likeness (QED) is 0.405. The van der Waals surface area contributed by atoms with Crippen LogP contribution in [0.15, 0.2) is 64.2 Å². The van der Waals surface area contributed by atoms with E-state index in [-0.39, 0.29) is 29.6 Å². The van der Waals surface area contributed by atoms with Gasteiger partial charge in [0, 0.05) is 51.2 Å². The van der Waals surface area contributed by atoms with Crippen molar-refractivity contribution in [3.05, 3.63) is 81.3 Å². The smallest absolute Gasteiger partial charge is 0.331 e. The number of aryl methyl sites for hydroxylation is 1. The third-order valence-corrected chi connectivity index (χ3v) is 6.93. The van der Waals surface area contributed by atoms with Crippen LogP contribution in [0.5, 0.6) is 5.75 Å². The van der Waals surface area contributed by atoms with Crippen LogP contribution in [0.3, 0.4) is 0 Å². The normalized spacial score (nSPS) is 13.8. The first-order valence-corrected chi connectivity index (χ1v) is 12.7. The highest BCUT2D eigenvalue weighted by Crippen LogP contribution is 2.24. The molecular weight excluding hydrogens is 489 g/mol. The van der Waals surface area contributed by atoms with Crippen LogP contribution in [0, 0.1) is 5.82 Å². The second kappa shape index (κ2) is 10.6. The zero-order valence-electron chi connectivity index (χ0n) is 21.4. The van der Waals surface area contributed by atoms with Crippen LogP contribution < -0.4 is 20.9 Å². The van der Waals surface area contributed by atoms with E-state index in [0.717, 1.165) is 11.3 Å². The predicted molar refractivity (Wildman–Crippen MR) is 144 cm³/mol. The largest absolute Gasteiger partial charge is 0.484 e. The van der Waals surface area contributed by atoms with Gasteiger partial charge in [0.05, 0.1) is 5.52 Å². The SMILES string of the molecule is CCCn1c(=O)c2[nH]c(-c3ccc(OCC(=O)N4CCN(c5ccc(F)cc5)CC4)cc3)cc2n(C)c1=O. The molecule has 0 saturated carbocycles. The van der Waals surface area contributed by atoms with Crippen LogP contribution in [0.1, 0.15) is 13.3 Å². The summed E-state index contributed by atoms with van der Waals surface area (Å²) >= 11 is 0. The van der Waals surface area contributed by atoms with E-state index in [2.05, 4.69) is 9.88 Å². The van der Waals surface area contributed by atoms with Crippen molar-refractivity contribution < 1.29 is 13.9 Å². The summed E-state index contributed by atoms with van der Waals surface area (Å²) in [5, 5.41) is 0. The second-order valence-corrected chi connectivity index (χ2v) is 9.40. The van der Waals surface area contributed by atoms with Crippen LogP contribution in [0.4, 0.5) is 10.1 Å². The number of H-pyrrole nitrogens is 1. The van der Waals surface area contributed by atoms with Crippen LogP contribution in [0.2, 0.25) is 0 Å². The molecule has 2 aromatic carbocycles. The number of nitrogens with one attached hydrogen (secondary N) is 1. The first-order chi connectivity index (χ1) is 18.4. The molecule has 0 bridgehead atoms. The Labute approximate surface area is 218 Å². The van der Waals surface area contributed by atoms with Gasteiger partial charge in [-0.25, -0.2) is 9.18 Å². The number of anilines is 1. The van der Waals surface area contributed by atoms with Crippen molar-refractivity contribution in [2.45, 2.75) is 19.9 Å². The zero-order chi connectivity index (χ0) is 26.8. The van der Waals surface area contributed by atoms with Crippen LogP contribution in [0.25, 0.3) is 22.3 Å². The molecule has 10 heteroatoms. The highest BCUT2D eigenvalue weighted by Gasteiger charge is 2.22. The molecule has 1 amide bonds. The Morgan fingerprint density at radius 2 is 1.68 bits per heavy atom. The van der Waals surface area contributed by atoms with Crippen molar-refractivity contribution in [3.8, 4) is 17.0 Å². The first-order valence-electron chi connectivity index (χ1n) is 12.7. The Bertz CT molecular complexity index is 1560. The van der Waals surface area contributed by atoms with Crippen molar-refractivity contribution >= 4 is 22.6 Å². The lowest BCUT2D eigenvalue weighted by atomic mass is 10.1. The van der Waals surface area contributed by atoms with Gasteiger partial charge in [0.25, 0.3) is 11.5 Å². The van der Waals surface area contributed by atoms with Crippen LogP contribution >= 0.6 is 0 Å². The van der Waals surface area contributed by atoms with Crippen molar-refractivity contribution in [2.75, 3.05) is 37.7 Å². The lowest BCUT2D eigenvalue weighted by molar-refractivity contribution is -0.133. The highest BCUT2D eigenvalue weighted by molar-refractivity contribution is 5.82. The van der Waals surface area contributed by atoms with E-state index in [4.69, 9.17) is 4.74 Å². The fourth-order valence-corrected chi connectivity index (χ4v) is 4.79. The van der Waals surface area contributed by atoms with Crippen molar-refractivity contribution in [3.63, 3.8) is 0 Å². The molecule has 1 fully saturated rings. The molecule has 198 valence electrons. The minimum absolute atomic E-state index is 0.0681. The summed E-state index contributed by atoms with van der Waals surface area (Å²) in [6.45, 7) is 4.70.